The molecular weight excluding hydrogens is 340 g/mol. The van der Waals surface area contributed by atoms with Gasteiger partial charge in [0.1, 0.15) is 5.84 Å². The molecule has 1 aliphatic carbocycles. The van der Waals surface area contributed by atoms with Gasteiger partial charge < -0.3 is 16.0 Å². The standard InChI is InChI=1S/C21H28N4S/c1-25(2)16-8-5-14(6-9-16)18-13-23-19-10-7-15(12-17(18)19)24-21(22)20-4-3-11-26-20/h3-4,7,10-12,14,16,18,23H,5-6,8-9,13H2,1-2H3,(H2,22,24). The maximum Gasteiger partial charge on any atom is 0.141 e. The molecule has 1 aliphatic heterocycles. The molecule has 0 radical (unpaired) electrons. The summed E-state index contributed by atoms with van der Waals surface area (Å²) >= 11 is 1.63. The first-order valence-electron chi connectivity index (χ1n) is 9.54. The smallest absolute Gasteiger partial charge is 0.141 e. The molecule has 0 saturated heterocycles. The minimum absolute atomic E-state index is 0.603. The number of thiophene rings is 1. The van der Waals surface area contributed by atoms with Crippen molar-refractivity contribution < 1.29 is 0 Å². The first-order chi connectivity index (χ1) is 12.6. The zero-order chi connectivity index (χ0) is 18.1. The second-order valence-electron chi connectivity index (χ2n) is 7.77. The summed E-state index contributed by atoms with van der Waals surface area (Å²) in [5, 5.41) is 5.63. The fourth-order valence-electron chi connectivity index (χ4n) is 4.48. The Balaban J connectivity index is 1.52. The quantitative estimate of drug-likeness (QED) is 0.621. The molecule has 1 aromatic carbocycles. The number of hydrogen-bond donors (Lipinski definition) is 2. The monoisotopic (exact) mass is 368 g/mol. The van der Waals surface area contributed by atoms with Gasteiger partial charge in [-0.15, -0.1) is 11.3 Å². The number of rotatable bonds is 4. The minimum atomic E-state index is 0.603. The second kappa shape index (κ2) is 7.41. The Labute approximate surface area is 160 Å². The number of amidine groups is 1. The summed E-state index contributed by atoms with van der Waals surface area (Å²) in [6, 6.07) is 11.3. The number of nitrogens with zero attached hydrogens (tertiary/aromatic N) is 2. The Hall–Kier alpha value is -1.85. The number of aliphatic imine (C=N–C) groups is 1. The first-order valence-corrected chi connectivity index (χ1v) is 10.4. The fraction of sp³-hybridized carbons (Fsp3) is 0.476. The molecule has 5 heteroatoms. The topological polar surface area (TPSA) is 53.6 Å². The van der Waals surface area contributed by atoms with Gasteiger partial charge in [0, 0.05) is 24.2 Å². The van der Waals surface area contributed by atoms with Crippen molar-refractivity contribution in [3.63, 3.8) is 0 Å². The molecule has 26 heavy (non-hydrogen) atoms. The van der Waals surface area contributed by atoms with E-state index in [4.69, 9.17) is 5.73 Å². The van der Waals surface area contributed by atoms with Gasteiger partial charge in [-0.3, -0.25) is 0 Å². The lowest BCUT2D eigenvalue weighted by Gasteiger charge is -2.35. The molecule has 1 atom stereocenters. The van der Waals surface area contributed by atoms with Gasteiger partial charge in [0.05, 0.1) is 10.6 Å². The van der Waals surface area contributed by atoms with Crippen molar-refractivity contribution >= 4 is 28.5 Å². The summed E-state index contributed by atoms with van der Waals surface area (Å²) in [7, 11) is 4.42. The van der Waals surface area contributed by atoms with Crippen molar-refractivity contribution in [1.82, 2.24) is 4.90 Å². The molecule has 4 rings (SSSR count). The third kappa shape index (κ3) is 3.51. The molecule has 1 fully saturated rings. The molecule has 0 amide bonds. The van der Waals surface area contributed by atoms with Crippen LogP contribution in [0.25, 0.3) is 0 Å². The SMILES string of the molecule is CN(C)C1CCC(C2CNc3ccc(N=C(N)c4cccs4)cc32)CC1. The van der Waals surface area contributed by atoms with Gasteiger partial charge in [0.25, 0.3) is 0 Å². The number of anilines is 1. The normalized spacial score (nSPS) is 26.0. The van der Waals surface area contributed by atoms with Crippen LogP contribution in [0.3, 0.4) is 0 Å². The number of hydrogen-bond acceptors (Lipinski definition) is 4. The summed E-state index contributed by atoms with van der Waals surface area (Å²) in [6.07, 6.45) is 5.26. The molecule has 2 heterocycles. The predicted molar refractivity (Wildman–Crippen MR) is 112 cm³/mol. The molecule has 1 aromatic heterocycles. The molecule has 4 nitrogen and oxygen atoms in total. The summed E-state index contributed by atoms with van der Waals surface area (Å²) in [4.78, 5) is 8.08. The van der Waals surface area contributed by atoms with Crippen LogP contribution in [0.15, 0.2) is 40.7 Å². The molecule has 3 N–H and O–H groups in total. The van der Waals surface area contributed by atoms with Crippen LogP contribution in [0.4, 0.5) is 11.4 Å². The van der Waals surface area contributed by atoms with Gasteiger partial charge in [0.15, 0.2) is 0 Å². The zero-order valence-corrected chi connectivity index (χ0v) is 16.4. The van der Waals surface area contributed by atoms with E-state index < -0.39 is 0 Å². The second-order valence-corrected chi connectivity index (χ2v) is 8.71. The van der Waals surface area contributed by atoms with E-state index in [1.165, 1.54) is 36.9 Å². The highest BCUT2D eigenvalue weighted by atomic mass is 32.1. The summed E-state index contributed by atoms with van der Waals surface area (Å²) in [5.74, 6) is 1.98. The van der Waals surface area contributed by atoms with Crippen molar-refractivity contribution in [3.8, 4) is 0 Å². The van der Waals surface area contributed by atoms with Crippen molar-refractivity contribution in [3.05, 3.63) is 46.2 Å². The molecule has 2 aromatic rings. The van der Waals surface area contributed by atoms with Gasteiger partial charge >= 0.3 is 0 Å². The van der Waals surface area contributed by atoms with Crippen LogP contribution in [-0.2, 0) is 0 Å². The van der Waals surface area contributed by atoms with Crippen LogP contribution in [-0.4, -0.2) is 37.4 Å². The minimum Gasteiger partial charge on any atom is -0.384 e. The molecule has 1 unspecified atom stereocenters. The van der Waals surface area contributed by atoms with E-state index in [0.717, 1.165) is 29.1 Å². The van der Waals surface area contributed by atoms with Crippen LogP contribution in [0.1, 0.15) is 42.0 Å². The van der Waals surface area contributed by atoms with Gasteiger partial charge in [-0.05, 0) is 80.9 Å². The fourth-order valence-corrected chi connectivity index (χ4v) is 5.10. The van der Waals surface area contributed by atoms with Gasteiger partial charge in [0.2, 0.25) is 0 Å². The van der Waals surface area contributed by atoms with Crippen molar-refractivity contribution in [2.75, 3.05) is 26.0 Å². The maximum absolute atomic E-state index is 6.18. The maximum atomic E-state index is 6.18. The van der Waals surface area contributed by atoms with Crippen LogP contribution >= 0.6 is 11.3 Å². The number of nitrogens with two attached hydrogens (primary N) is 1. The van der Waals surface area contributed by atoms with Crippen molar-refractivity contribution in [1.29, 1.82) is 0 Å². The third-order valence-electron chi connectivity index (χ3n) is 6.01. The Morgan fingerprint density at radius 2 is 2.00 bits per heavy atom. The van der Waals surface area contributed by atoms with Crippen LogP contribution < -0.4 is 11.1 Å². The van der Waals surface area contributed by atoms with Crippen LogP contribution in [0.2, 0.25) is 0 Å². The predicted octanol–water partition coefficient (Wildman–Crippen LogP) is 4.41. The zero-order valence-electron chi connectivity index (χ0n) is 15.6. The van der Waals surface area contributed by atoms with Crippen LogP contribution in [0.5, 0.6) is 0 Å². The average Bonchev–Trinajstić information content (AvgIpc) is 3.31. The largest absolute Gasteiger partial charge is 0.384 e. The number of fused-ring (bicyclic) bond motifs is 1. The highest BCUT2D eigenvalue weighted by Crippen LogP contribution is 2.44. The molecule has 138 valence electrons. The van der Waals surface area contributed by atoms with E-state index >= 15 is 0 Å². The third-order valence-corrected chi connectivity index (χ3v) is 6.90. The molecule has 1 saturated carbocycles. The lowest BCUT2D eigenvalue weighted by atomic mass is 9.76. The summed E-state index contributed by atoms with van der Waals surface area (Å²) < 4.78 is 0. The van der Waals surface area contributed by atoms with E-state index in [-0.39, 0.29) is 0 Å². The van der Waals surface area contributed by atoms with E-state index in [1.807, 2.05) is 17.5 Å². The summed E-state index contributed by atoms with van der Waals surface area (Å²) in [6.45, 7) is 1.06. The number of benzene rings is 1. The van der Waals surface area contributed by atoms with Crippen molar-refractivity contribution in [2.24, 2.45) is 16.6 Å². The van der Waals surface area contributed by atoms with E-state index in [2.05, 4.69) is 47.5 Å². The van der Waals surface area contributed by atoms with Gasteiger partial charge in [-0.25, -0.2) is 4.99 Å². The van der Waals surface area contributed by atoms with E-state index in [9.17, 15) is 0 Å². The highest BCUT2D eigenvalue weighted by molar-refractivity contribution is 7.12. The molecular formula is C21H28N4S. The van der Waals surface area contributed by atoms with Gasteiger partial charge in [-0.1, -0.05) is 6.07 Å². The lowest BCUT2D eigenvalue weighted by molar-refractivity contribution is 0.182. The molecule has 0 bridgehead atoms. The van der Waals surface area contributed by atoms with Crippen molar-refractivity contribution in [2.45, 2.75) is 37.6 Å². The number of nitrogens with one attached hydrogen (secondary N) is 1. The molecule has 0 spiro atoms. The Kier molecular flexibility index (Phi) is 5.00. The van der Waals surface area contributed by atoms with Crippen LogP contribution in [0, 0.1) is 5.92 Å². The van der Waals surface area contributed by atoms with Gasteiger partial charge in [-0.2, -0.15) is 0 Å². The summed E-state index contributed by atoms with van der Waals surface area (Å²) in [5.41, 5.74) is 9.85. The van der Waals surface area contributed by atoms with E-state index in [0.29, 0.717) is 11.8 Å². The average molecular weight is 369 g/mol. The first kappa shape index (κ1) is 17.6. The Morgan fingerprint density at radius 3 is 2.69 bits per heavy atom. The Morgan fingerprint density at radius 1 is 1.19 bits per heavy atom. The molecule has 2 aliphatic rings. The lowest BCUT2D eigenvalue weighted by Crippen LogP contribution is -2.33. The highest BCUT2D eigenvalue weighted by Gasteiger charge is 2.33. The Bertz CT molecular complexity index is 773. The van der Waals surface area contributed by atoms with E-state index in [1.54, 1.807) is 11.3 Å².